The second-order valence-electron chi connectivity index (χ2n) is 7.23. The van der Waals surface area contributed by atoms with E-state index in [0.717, 1.165) is 43.3 Å². The van der Waals surface area contributed by atoms with Crippen LogP contribution in [0.5, 0.6) is 5.75 Å². The maximum Gasteiger partial charge on any atom is 0.162 e. The highest BCUT2D eigenvalue weighted by atomic mass is 16.5. The van der Waals surface area contributed by atoms with Crippen molar-refractivity contribution in [2.75, 3.05) is 26.7 Å². The molecule has 1 aliphatic rings. The van der Waals surface area contributed by atoms with Gasteiger partial charge in [0.15, 0.2) is 5.78 Å². The number of benzene rings is 2. The van der Waals surface area contributed by atoms with Gasteiger partial charge in [0.25, 0.3) is 0 Å². The van der Waals surface area contributed by atoms with E-state index in [1.54, 1.807) is 7.11 Å². The molecule has 1 heterocycles. The summed E-state index contributed by atoms with van der Waals surface area (Å²) in [5.41, 5.74) is 2.24. The average Bonchev–Trinajstić information content (AvgIpc) is 2.70. The van der Waals surface area contributed by atoms with Gasteiger partial charge < -0.3 is 9.64 Å². The van der Waals surface area contributed by atoms with Crippen LogP contribution >= 0.6 is 0 Å². The number of nitrogens with zero attached hydrogens (tertiary/aromatic N) is 1. The zero-order chi connectivity index (χ0) is 18.2. The average molecular weight is 351 g/mol. The van der Waals surface area contributed by atoms with Gasteiger partial charge in [0.2, 0.25) is 0 Å². The first-order valence-electron chi connectivity index (χ1n) is 9.68. The van der Waals surface area contributed by atoms with Crippen molar-refractivity contribution in [2.24, 2.45) is 5.92 Å². The number of hydrogen-bond acceptors (Lipinski definition) is 3. The van der Waals surface area contributed by atoms with Gasteiger partial charge in [-0.3, -0.25) is 4.79 Å². The number of carbonyl (C=O) groups is 1. The molecule has 138 valence electrons. The molecule has 26 heavy (non-hydrogen) atoms. The molecule has 1 fully saturated rings. The van der Waals surface area contributed by atoms with Gasteiger partial charge in [0.1, 0.15) is 5.75 Å². The summed E-state index contributed by atoms with van der Waals surface area (Å²) >= 11 is 0. The number of piperidine rings is 1. The number of ketones is 1. The quantitative estimate of drug-likeness (QED) is 0.650. The third-order valence-electron chi connectivity index (χ3n) is 5.36. The van der Waals surface area contributed by atoms with Crippen LogP contribution in [0.15, 0.2) is 54.6 Å². The number of hydrogen-bond donors (Lipinski definition) is 0. The van der Waals surface area contributed by atoms with Crippen molar-refractivity contribution in [3.05, 3.63) is 65.7 Å². The summed E-state index contributed by atoms with van der Waals surface area (Å²) in [6.45, 7) is 3.35. The molecule has 1 saturated heterocycles. The monoisotopic (exact) mass is 351 g/mol. The molecule has 0 N–H and O–H groups in total. The Morgan fingerprint density at radius 1 is 1.04 bits per heavy atom. The molecule has 0 aliphatic carbocycles. The normalized spacial score (nSPS) is 15.7. The molecule has 0 unspecified atom stereocenters. The Hall–Kier alpha value is -2.13. The lowest BCUT2D eigenvalue weighted by Crippen LogP contribution is -2.35. The van der Waals surface area contributed by atoms with Gasteiger partial charge in [-0.2, -0.15) is 0 Å². The fraction of sp³-hybridized carbons (Fsp3) is 0.435. The number of ether oxygens (including phenoxy) is 1. The van der Waals surface area contributed by atoms with Gasteiger partial charge >= 0.3 is 0 Å². The lowest BCUT2D eigenvalue weighted by Gasteiger charge is -2.32. The molecule has 1 aliphatic heterocycles. The zero-order valence-corrected chi connectivity index (χ0v) is 15.7. The second kappa shape index (κ2) is 9.54. The Kier molecular flexibility index (Phi) is 6.84. The first kappa shape index (κ1) is 18.7. The van der Waals surface area contributed by atoms with Crippen LogP contribution in [0, 0.1) is 5.92 Å². The maximum absolute atomic E-state index is 12.3. The highest BCUT2D eigenvalue weighted by Crippen LogP contribution is 2.22. The first-order valence-corrected chi connectivity index (χ1v) is 9.68. The fourth-order valence-corrected chi connectivity index (χ4v) is 3.75. The molecule has 0 amide bonds. The molecule has 2 aromatic rings. The second-order valence-corrected chi connectivity index (χ2v) is 7.23. The van der Waals surface area contributed by atoms with E-state index in [9.17, 15) is 4.79 Å². The summed E-state index contributed by atoms with van der Waals surface area (Å²) in [6, 6.07) is 18.2. The molecular weight excluding hydrogens is 322 g/mol. The summed E-state index contributed by atoms with van der Waals surface area (Å²) in [6.07, 6.45) is 5.29. The number of methoxy groups -OCH3 is 1. The molecule has 0 spiro atoms. The van der Waals surface area contributed by atoms with Crippen LogP contribution < -0.4 is 4.74 Å². The predicted molar refractivity (Wildman–Crippen MR) is 106 cm³/mol. The number of carbonyl (C=O) groups excluding carboxylic acids is 1. The number of Topliss-reactive ketones (excluding diaryl/α,β-unsaturated/α-hetero) is 1. The lowest BCUT2D eigenvalue weighted by molar-refractivity contribution is 0.0970. The maximum atomic E-state index is 12.3. The summed E-state index contributed by atoms with van der Waals surface area (Å²) in [4.78, 5) is 14.8. The lowest BCUT2D eigenvalue weighted by atomic mass is 9.90. The molecule has 3 heteroatoms. The van der Waals surface area contributed by atoms with Crippen molar-refractivity contribution in [1.29, 1.82) is 0 Å². The smallest absolute Gasteiger partial charge is 0.162 e. The molecule has 0 aromatic heterocycles. The molecule has 2 aromatic carbocycles. The third kappa shape index (κ3) is 5.43. The van der Waals surface area contributed by atoms with Gasteiger partial charge in [-0.15, -0.1) is 0 Å². The Morgan fingerprint density at radius 3 is 2.38 bits per heavy atom. The van der Waals surface area contributed by atoms with Gasteiger partial charge in [-0.05, 0) is 81.1 Å². The van der Waals surface area contributed by atoms with Crippen molar-refractivity contribution in [3.8, 4) is 5.75 Å². The molecular formula is C23H29NO2. The van der Waals surface area contributed by atoms with Crippen LogP contribution in [-0.4, -0.2) is 37.4 Å². The first-order chi connectivity index (χ1) is 12.7. The van der Waals surface area contributed by atoms with E-state index in [4.69, 9.17) is 4.74 Å². The molecule has 0 saturated carbocycles. The Morgan fingerprint density at radius 2 is 1.73 bits per heavy atom. The van der Waals surface area contributed by atoms with E-state index in [1.807, 2.05) is 24.3 Å². The summed E-state index contributed by atoms with van der Waals surface area (Å²) in [5.74, 6) is 1.82. The topological polar surface area (TPSA) is 29.5 Å². The van der Waals surface area contributed by atoms with Crippen molar-refractivity contribution < 1.29 is 9.53 Å². The predicted octanol–water partition coefficient (Wildman–Crippen LogP) is 4.61. The highest BCUT2D eigenvalue weighted by molar-refractivity contribution is 5.96. The van der Waals surface area contributed by atoms with E-state index in [-0.39, 0.29) is 5.78 Å². The third-order valence-corrected chi connectivity index (χ3v) is 5.36. The van der Waals surface area contributed by atoms with E-state index in [0.29, 0.717) is 6.42 Å². The Balaban J connectivity index is 1.35. The molecule has 0 radical (unpaired) electrons. The van der Waals surface area contributed by atoms with E-state index < -0.39 is 0 Å². The minimum Gasteiger partial charge on any atom is -0.497 e. The minimum atomic E-state index is 0.228. The van der Waals surface area contributed by atoms with Crippen molar-refractivity contribution >= 4 is 5.78 Å². The zero-order valence-electron chi connectivity index (χ0n) is 15.7. The minimum absolute atomic E-state index is 0.228. The van der Waals surface area contributed by atoms with E-state index >= 15 is 0 Å². The standard InChI is InChI=1S/C23H29NO2/c1-26-22-11-9-21(10-12-22)23(25)8-5-15-24-16-13-20(14-17-24)18-19-6-3-2-4-7-19/h2-4,6-7,9-12,20H,5,8,13-18H2,1H3. The van der Waals surface area contributed by atoms with Crippen molar-refractivity contribution in [1.82, 2.24) is 4.90 Å². The molecule has 3 nitrogen and oxygen atoms in total. The largest absolute Gasteiger partial charge is 0.497 e. The number of likely N-dealkylation sites (tertiary alicyclic amines) is 1. The molecule has 0 atom stereocenters. The van der Waals surface area contributed by atoms with Crippen molar-refractivity contribution in [2.45, 2.75) is 32.1 Å². The number of rotatable bonds is 8. The van der Waals surface area contributed by atoms with Crippen LogP contribution in [0.2, 0.25) is 0 Å². The van der Waals surface area contributed by atoms with Crippen LogP contribution in [0.25, 0.3) is 0 Å². The van der Waals surface area contributed by atoms with Crippen LogP contribution in [-0.2, 0) is 6.42 Å². The van der Waals surface area contributed by atoms with Gasteiger partial charge in [-0.25, -0.2) is 0 Å². The van der Waals surface area contributed by atoms with Crippen LogP contribution in [0.3, 0.4) is 0 Å². The highest BCUT2D eigenvalue weighted by Gasteiger charge is 2.19. The Bertz CT molecular complexity index is 673. The summed E-state index contributed by atoms with van der Waals surface area (Å²) in [5, 5.41) is 0. The van der Waals surface area contributed by atoms with Crippen LogP contribution in [0.4, 0.5) is 0 Å². The van der Waals surface area contributed by atoms with E-state index in [2.05, 4.69) is 35.2 Å². The van der Waals surface area contributed by atoms with E-state index in [1.165, 1.54) is 24.8 Å². The van der Waals surface area contributed by atoms with Gasteiger partial charge in [-0.1, -0.05) is 30.3 Å². The van der Waals surface area contributed by atoms with Gasteiger partial charge in [0, 0.05) is 12.0 Å². The van der Waals surface area contributed by atoms with Crippen LogP contribution in [0.1, 0.15) is 41.6 Å². The van der Waals surface area contributed by atoms with Crippen molar-refractivity contribution in [3.63, 3.8) is 0 Å². The fourth-order valence-electron chi connectivity index (χ4n) is 3.75. The Labute approximate surface area is 157 Å². The summed E-state index contributed by atoms with van der Waals surface area (Å²) < 4.78 is 5.14. The van der Waals surface area contributed by atoms with Gasteiger partial charge in [0.05, 0.1) is 7.11 Å². The summed E-state index contributed by atoms with van der Waals surface area (Å²) in [7, 11) is 1.64. The molecule has 3 rings (SSSR count). The molecule has 0 bridgehead atoms. The SMILES string of the molecule is COc1ccc(C(=O)CCCN2CCC(Cc3ccccc3)CC2)cc1.